The van der Waals surface area contributed by atoms with Crippen LogP contribution < -0.4 is 0 Å². The van der Waals surface area contributed by atoms with Crippen LogP contribution in [0, 0.1) is 0 Å². The number of rotatable bonds is 7. The molecule has 0 spiro atoms. The number of furan rings is 1. The molecule has 24 heavy (non-hydrogen) atoms. The highest BCUT2D eigenvalue weighted by Gasteiger charge is 2.30. The number of aryl methyl sites for hydroxylation is 1. The zero-order valence-corrected chi connectivity index (χ0v) is 15.7. The van der Waals surface area contributed by atoms with Crippen molar-refractivity contribution in [2.75, 3.05) is 20.1 Å². The Hall–Kier alpha value is -1.22. The minimum absolute atomic E-state index is 0.0507. The van der Waals surface area contributed by atoms with Crippen LogP contribution in [0.4, 0.5) is 0 Å². The Kier molecular flexibility index (Phi) is 5.39. The number of hydrogen-bond donors (Lipinski definition) is 0. The van der Waals surface area contributed by atoms with Gasteiger partial charge in [-0.05, 0) is 38.4 Å². The average molecular weight is 370 g/mol. The first-order valence-corrected chi connectivity index (χ1v) is 10.5. The Labute approximate surface area is 147 Å². The van der Waals surface area contributed by atoms with Gasteiger partial charge in [0.05, 0.1) is 17.2 Å². The van der Waals surface area contributed by atoms with Gasteiger partial charge in [0.25, 0.3) is 10.0 Å². The summed E-state index contributed by atoms with van der Waals surface area (Å²) in [4.78, 5) is 6.62. The van der Waals surface area contributed by atoms with Crippen molar-refractivity contribution in [3.63, 3.8) is 0 Å². The summed E-state index contributed by atoms with van der Waals surface area (Å²) in [5.74, 6) is 0.654. The standard InChI is InChI=1S/C16H23N3O3S2/c1-3-15-17-13(12-23-15)10-18(2)11-14-6-7-16(22-14)24(20,21)19-8-4-5-9-19/h6-7,12H,3-5,8-11H2,1-2H3. The average Bonchev–Trinajstić information content (AvgIpc) is 3.28. The molecule has 0 radical (unpaired) electrons. The van der Waals surface area contributed by atoms with Crippen LogP contribution in [0.1, 0.15) is 36.2 Å². The molecule has 0 bridgehead atoms. The van der Waals surface area contributed by atoms with Gasteiger partial charge in [-0.15, -0.1) is 11.3 Å². The second kappa shape index (κ2) is 7.35. The fraction of sp³-hybridized carbons (Fsp3) is 0.562. The van der Waals surface area contributed by atoms with E-state index >= 15 is 0 Å². The van der Waals surface area contributed by atoms with Gasteiger partial charge in [-0.3, -0.25) is 4.90 Å². The maximum Gasteiger partial charge on any atom is 0.276 e. The summed E-state index contributed by atoms with van der Waals surface area (Å²) in [7, 11) is -1.50. The molecule has 0 amide bonds. The van der Waals surface area contributed by atoms with E-state index in [1.165, 1.54) is 4.31 Å². The summed E-state index contributed by atoms with van der Waals surface area (Å²) in [5.41, 5.74) is 1.04. The summed E-state index contributed by atoms with van der Waals surface area (Å²) < 4.78 is 32.0. The smallest absolute Gasteiger partial charge is 0.276 e. The fourth-order valence-corrected chi connectivity index (χ4v) is 5.00. The summed E-state index contributed by atoms with van der Waals surface area (Å²) in [5, 5.41) is 3.26. The van der Waals surface area contributed by atoms with E-state index in [1.807, 2.05) is 7.05 Å². The first kappa shape index (κ1) is 17.6. The van der Waals surface area contributed by atoms with Gasteiger partial charge in [0.1, 0.15) is 5.76 Å². The van der Waals surface area contributed by atoms with Gasteiger partial charge in [-0.1, -0.05) is 6.92 Å². The molecule has 3 rings (SSSR count). The van der Waals surface area contributed by atoms with Crippen LogP contribution in [0.2, 0.25) is 0 Å². The topological polar surface area (TPSA) is 66.7 Å². The summed E-state index contributed by atoms with van der Waals surface area (Å²) in [6.45, 7) is 4.53. The lowest BCUT2D eigenvalue weighted by molar-refractivity contribution is 0.271. The number of nitrogens with zero attached hydrogens (tertiary/aromatic N) is 3. The maximum absolute atomic E-state index is 12.5. The molecule has 0 aliphatic carbocycles. The van der Waals surface area contributed by atoms with Crippen LogP contribution >= 0.6 is 11.3 Å². The molecule has 1 aliphatic heterocycles. The second-order valence-corrected chi connectivity index (χ2v) is 8.90. The van der Waals surface area contributed by atoms with Crippen LogP contribution in [0.25, 0.3) is 0 Å². The largest absolute Gasteiger partial charge is 0.447 e. The van der Waals surface area contributed by atoms with Gasteiger partial charge < -0.3 is 4.42 Å². The quantitative estimate of drug-likeness (QED) is 0.751. The molecule has 132 valence electrons. The van der Waals surface area contributed by atoms with Crippen molar-refractivity contribution in [1.82, 2.24) is 14.2 Å². The van der Waals surface area contributed by atoms with Crippen molar-refractivity contribution in [2.45, 2.75) is 44.4 Å². The van der Waals surface area contributed by atoms with Crippen molar-refractivity contribution < 1.29 is 12.8 Å². The predicted octanol–water partition coefficient (Wildman–Crippen LogP) is 2.72. The number of aromatic nitrogens is 1. The molecule has 2 aromatic rings. The zero-order chi connectivity index (χ0) is 17.2. The van der Waals surface area contributed by atoms with Crippen molar-refractivity contribution in [3.8, 4) is 0 Å². The lowest BCUT2D eigenvalue weighted by Crippen LogP contribution is -2.27. The van der Waals surface area contributed by atoms with E-state index in [9.17, 15) is 8.42 Å². The maximum atomic E-state index is 12.5. The van der Waals surface area contributed by atoms with Gasteiger partial charge in [0.15, 0.2) is 0 Å². The van der Waals surface area contributed by atoms with Crippen LogP contribution in [-0.4, -0.2) is 42.7 Å². The highest BCUT2D eigenvalue weighted by molar-refractivity contribution is 7.89. The van der Waals surface area contributed by atoms with Crippen molar-refractivity contribution >= 4 is 21.4 Å². The van der Waals surface area contributed by atoms with Gasteiger partial charge in [-0.2, -0.15) is 4.31 Å². The van der Waals surface area contributed by atoms with Crippen LogP contribution in [0.15, 0.2) is 27.0 Å². The molecule has 1 aliphatic rings. The normalized spacial score (nSPS) is 16.3. The zero-order valence-electron chi connectivity index (χ0n) is 14.1. The molecule has 0 atom stereocenters. The highest BCUT2D eigenvalue weighted by atomic mass is 32.2. The van der Waals surface area contributed by atoms with Gasteiger partial charge in [-0.25, -0.2) is 13.4 Å². The monoisotopic (exact) mass is 369 g/mol. The molecular weight excluding hydrogens is 346 g/mol. The van der Waals surface area contributed by atoms with E-state index in [0.29, 0.717) is 31.9 Å². The second-order valence-electron chi connectivity index (χ2n) is 6.09. The third-order valence-electron chi connectivity index (χ3n) is 4.06. The van der Waals surface area contributed by atoms with Crippen LogP contribution in [0.3, 0.4) is 0 Å². The Bertz CT molecular complexity index is 776. The summed E-state index contributed by atoms with van der Waals surface area (Å²) >= 11 is 1.67. The van der Waals surface area contributed by atoms with E-state index in [2.05, 4.69) is 22.2 Å². The molecule has 1 saturated heterocycles. The van der Waals surface area contributed by atoms with Crippen molar-refractivity contribution in [1.29, 1.82) is 0 Å². The predicted molar refractivity (Wildman–Crippen MR) is 93.4 cm³/mol. The van der Waals surface area contributed by atoms with E-state index in [1.54, 1.807) is 23.5 Å². The van der Waals surface area contributed by atoms with Gasteiger partial charge in [0, 0.05) is 25.0 Å². The Balaban J connectivity index is 1.63. The molecule has 8 heteroatoms. The molecule has 0 N–H and O–H groups in total. The van der Waals surface area contributed by atoms with Crippen molar-refractivity contribution in [2.24, 2.45) is 0 Å². The molecule has 6 nitrogen and oxygen atoms in total. The number of hydrogen-bond acceptors (Lipinski definition) is 6. The van der Waals surface area contributed by atoms with E-state index in [0.717, 1.165) is 30.0 Å². The third kappa shape index (κ3) is 3.88. The molecular formula is C16H23N3O3S2. The molecule has 1 fully saturated rings. The van der Waals surface area contributed by atoms with E-state index in [4.69, 9.17) is 4.42 Å². The summed E-state index contributed by atoms with van der Waals surface area (Å²) in [6.07, 6.45) is 2.79. The van der Waals surface area contributed by atoms with E-state index < -0.39 is 10.0 Å². The highest BCUT2D eigenvalue weighted by Crippen LogP contribution is 2.23. The lowest BCUT2D eigenvalue weighted by Gasteiger charge is -2.14. The minimum atomic E-state index is -3.48. The fourth-order valence-electron chi connectivity index (χ4n) is 2.82. The van der Waals surface area contributed by atoms with Gasteiger partial charge in [0.2, 0.25) is 5.09 Å². The first-order valence-electron chi connectivity index (χ1n) is 8.19. The van der Waals surface area contributed by atoms with Crippen LogP contribution in [0.5, 0.6) is 0 Å². The summed E-state index contributed by atoms with van der Waals surface area (Å²) in [6, 6.07) is 3.31. The Morgan fingerprint density at radius 2 is 2.04 bits per heavy atom. The number of thiazole rings is 1. The van der Waals surface area contributed by atoms with Gasteiger partial charge >= 0.3 is 0 Å². The molecule has 3 heterocycles. The minimum Gasteiger partial charge on any atom is -0.447 e. The first-order chi connectivity index (χ1) is 11.5. The Morgan fingerprint density at radius 3 is 2.71 bits per heavy atom. The number of sulfonamides is 1. The van der Waals surface area contributed by atoms with E-state index in [-0.39, 0.29) is 5.09 Å². The van der Waals surface area contributed by atoms with Crippen LogP contribution in [-0.2, 0) is 29.5 Å². The lowest BCUT2D eigenvalue weighted by atomic mass is 10.4. The Morgan fingerprint density at radius 1 is 1.29 bits per heavy atom. The molecule has 2 aromatic heterocycles. The molecule has 0 unspecified atom stereocenters. The SMILES string of the molecule is CCc1nc(CN(C)Cc2ccc(S(=O)(=O)N3CCCC3)o2)cs1. The molecule has 0 saturated carbocycles. The molecule has 0 aromatic carbocycles. The van der Waals surface area contributed by atoms with Crippen molar-refractivity contribution in [3.05, 3.63) is 34.0 Å². The third-order valence-corrected chi connectivity index (χ3v) is 6.87.